The molecule has 0 spiro atoms. The fraction of sp³-hybridized carbons (Fsp3) is 0.700. The van der Waals surface area contributed by atoms with Crippen molar-refractivity contribution in [2.45, 2.75) is 84.5 Å². The molecule has 4 nitrogen and oxygen atoms in total. The van der Waals surface area contributed by atoms with Crippen molar-refractivity contribution >= 4 is 11.9 Å². The molecule has 0 aliphatic heterocycles. The van der Waals surface area contributed by atoms with E-state index in [4.69, 9.17) is 5.11 Å². The van der Waals surface area contributed by atoms with E-state index in [-0.39, 0.29) is 0 Å². The van der Waals surface area contributed by atoms with Crippen molar-refractivity contribution in [1.29, 1.82) is 0 Å². The summed E-state index contributed by atoms with van der Waals surface area (Å²) in [6.07, 6.45) is 12.8. The van der Waals surface area contributed by atoms with E-state index in [2.05, 4.69) is 25.7 Å². The van der Waals surface area contributed by atoms with Crippen LogP contribution in [0.3, 0.4) is 0 Å². The van der Waals surface area contributed by atoms with E-state index in [0.717, 1.165) is 57.8 Å². The van der Waals surface area contributed by atoms with Gasteiger partial charge in [-0.1, -0.05) is 70.4 Å². The van der Waals surface area contributed by atoms with Crippen molar-refractivity contribution in [2.24, 2.45) is 5.41 Å². The zero-order valence-electron chi connectivity index (χ0n) is 15.1. The van der Waals surface area contributed by atoms with Crippen LogP contribution < -0.4 is 0 Å². The van der Waals surface area contributed by atoms with Crippen molar-refractivity contribution in [3.63, 3.8) is 0 Å². The van der Waals surface area contributed by atoms with Crippen molar-refractivity contribution in [1.82, 2.24) is 0 Å². The van der Waals surface area contributed by atoms with Gasteiger partial charge in [-0.05, 0) is 19.3 Å². The Balaban J connectivity index is 4.87. The third-order valence-corrected chi connectivity index (χ3v) is 3.91. The monoisotopic (exact) mass is 336 g/mol. The van der Waals surface area contributed by atoms with Crippen molar-refractivity contribution in [3.8, 4) is 11.8 Å². The number of carbonyl (C=O) groups is 2. The van der Waals surface area contributed by atoms with Gasteiger partial charge < -0.3 is 10.2 Å². The van der Waals surface area contributed by atoms with Gasteiger partial charge in [0, 0.05) is 6.42 Å². The minimum absolute atomic E-state index is 0.504. The first-order valence-corrected chi connectivity index (χ1v) is 9.11. The lowest BCUT2D eigenvalue weighted by molar-refractivity contribution is -0.149. The first-order chi connectivity index (χ1) is 11.5. The maximum absolute atomic E-state index is 11.7. The number of carboxylic acids is 2. The highest BCUT2D eigenvalue weighted by atomic mass is 16.4. The Bertz CT molecular complexity index is 456. The van der Waals surface area contributed by atoms with Crippen LogP contribution in [0, 0.1) is 17.3 Å². The molecule has 0 heterocycles. The molecule has 0 bridgehead atoms. The van der Waals surface area contributed by atoms with Crippen LogP contribution >= 0.6 is 0 Å². The lowest BCUT2D eigenvalue weighted by Gasteiger charge is -2.17. The van der Waals surface area contributed by atoms with Crippen LogP contribution in [0.4, 0.5) is 0 Å². The van der Waals surface area contributed by atoms with Crippen LogP contribution in [0.2, 0.25) is 0 Å². The Kier molecular flexibility index (Phi) is 12.7. The van der Waals surface area contributed by atoms with Crippen LogP contribution in [-0.2, 0) is 9.59 Å². The standard InChI is InChI=1S/C20H32O4/c1-3-5-7-9-11-13-15-20(19(23)24,17-18(21)22)16-14-12-10-8-6-4-2/h13,15H,3-12,17H2,1-2H3,(H,21,22)(H,23,24). The number of hydrogen-bond acceptors (Lipinski definition) is 2. The molecule has 0 aromatic heterocycles. The van der Waals surface area contributed by atoms with Gasteiger partial charge >= 0.3 is 11.9 Å². The van der Waals surface area contributed by atoms with E-state index in [1.165, 1.54) is 6.08 Å². The molecule has 0 saturated heterocycles. The van der Waals surface area contributed by atoms with Crippen LogP contribution in [0.1, 0.15) is 84.5 Å². The highest BCUT2D eigenvalue weighted by Gasteiger charge is 2.36. The molecule has 0 aliphatic carbocycles. The molecule has 0 fully saturated rings. The Morgan fingerprint density at radius 1 is 0.958 bits per heavy atom. The summed E-state index contributed by atoms with van der Waals surface area (Å²) < 4.78 is 0. The molecule has 24 heavy (non-hydrogen) atoms. The minimum atomic E-state index is -1.61. The zero-order valence-corrected chi connectivity index (χ0v) is 15.1. The second-order valence-corrected chi connectivity index (χ2v) is 6.21. The molecule has 2 N–H and O–H groups in total. The van der Waals surface area contributed by atoms with E-state index in [1.54, 1.807) is 6.08 Å². The fourth-order valence-electron chi connectivity index (χ4n) is 2.42. The lowest BCUT2D eigenvalue weighted by atomic mass is 9.84. The molecule has 1 unspecified atom stereocenters. The van der Waals surface area contributed by atoms with E-state index < -0.39 is 23.8 Å². The number of carboxylic acid groups (broad SMARTS) is 2. The van der Waals surface area contributed by atoms with Crippen molar-refractivity contribution in [3.05, 3.63) is 12.2 Å². The van der Waals surface area contributed by atoms with Crippen molar-refractivity contribution < 1.29 is 19.8 Å². The first-order valence-electron chi connectivity index (χ1n) is 9.11. The van der Waals surface area contributed by atoms with Gasteiger partial charge in [-0.25, -0.2) is 0 Å². The average Bonchev–Trinajstić information content (AvgIpc) is 2.53. The van der Waals surface area contributed by atoms with Gasteiger partial charge in [0.2, 0.25) is 0 Å². The van der Waals surface area contributed by atoms with E-state index >= 15 is 0 Å². The predicted molar refractivity (Wildman–Crippen MR) is 96.8 cm³/mol. The second-order valence-electron chi connectivity index (χ2n) is 6.21. The summed E-state index contributed by atoms with van der Waals surface area (Å²) in [6.45, 7) is 4.26. The molecule has 136 valence electrons. The smallest absolute Gasteiger partial charge is 0.326 e. The maximum atomic E-state index is 11.7. The first kappa shape index (κ1) is 22.2. The molecule has 0 rings (SSSR count). The molecule has 0 aromatic carbocycles. The third-order valence-electron chi connectivity index (χ3n) is 3.91. The Labute approximate surface area is 146 Å². The normalized spacial score (nSPS) is 13.2. The topological polar surface area (TPSA) is 74.6 Å². The predicted octanol–water partition coefficient (Wildman–Crippen LogP) is 5.03. The summed E-state index contributed by atoms with van der Waals surface area (Å²) in [5, 5.41) is 18.6. The molecular weight excluding hydrogens is 304 g/mol. The number of hydrogen-bond donors (Lipinski definition) is 2. The zero-order chi connectivity index (χ0) is 18.3. The highest BCUT2D eigenvalue weighted by molar-refractivity contribution is 5.86. The Morgan fingerprint density at radius 3 is 2.12 bits per heavy atom. The van der Waals surface area contributed by atoms with Crippen molar-refractivity contribution in [2.75, 3.05) is 0 Å². The molecule has 0 radical (unpaired) electrons. The summed E-state index contributed by atoms with van der Waals surface area (Å²) in [6, 6.07) is 0. The van der Waals surface area contributed by atoms with Crippen LogP contribution in [0.5, 0.6) is 0 Å². The minimum Gasteiger partial charge on any atom is -0.481 e. The molecular formula is C20H32O4. The number of unbranched alkanes of at least 4 members (excludes halogenated alkanes) is 8. The van der Waals surface area contributed by atoms with Gasteiger partial charge in [-0.2, -0.15) is 0 Å². The molecule has 4 heteroatoms. The average molecular weight is 336 g/mol. The van der Waals surface area contributed by atoms with Crippen LogP contribution in [0.15, 0.2) is 12.2 Å². The lowest BCUT2D eigenvalue weighted by Crippen LogP contribution is -2.30. The molecule has 0 amide bonds. The molecule has 0 saturated carbocycles. The summed E-state index contributed by atoms with van der Waals surface area (Å²) >= 11 is 0. The quantitative estimate of drug-likeness (QED) is 0.281. The van der Waals surface area contributed by atoms with Gasteiger partial charge in [-0.15, -0.1) is 5.92 Å². The molecule has 0 aliphatic rings. The van der Waals surface area contributed by atoms with E-state index in [0.29, 0.717) is 6.42 Å². The Morgan fingerprint density at radius 2 is 1.58 bits per heavy atom. The van der Waals surface area contributed by atoms with Gasteiger partial charge in [-0.3, -0.25) is 9.59 Å². The van der Waals surface area contributed by atoms with Gasteiger partial charge in [0.15, 0.2) is 5.41 Å². The van der Waals surface area contributed by atoms with Gasteiger partial charge in [0.05, 0.1) is 6.42 Å². The largest absolute Gasteiger partial charge is 0.481 e. The maximum Gasteiger partial charge on any atom is 0.326 e. The van der Waals surface area contributed by atoms with E-state index in [1.807, 2.05) is 0 Å². The van der Waals surface area contributed by atoms with Gasteiger partial charge in [0.25, 0.3) is 0 Å². The van der Waals surface area contributed by atoms with Crippen LogP contribution in [-0.4, -0.2) is 22.2 Å². The summed E-state index contributed by atoms with van der Waals surface area (Å²) in [4.78, 5) is 22.8. The molecule has 0 aromatic rings. The fourth-order valence-corrected chi connectivity index (χ4v) is 2.42. The highest BCUT2D eigenvalue weighted by Crippen LogP contribution is 2.25. The Hall–Kier alpha value is -1.76. The number of aliphatic carboxylic acids is 2. The summed E-state index contributed by atoms with van der Waals surface area (Å²) in [7, 11) is 0. The number of allylic oxidation sites excluding steroid dienone is 1. The second kappa shape index (κ2) is 13.7. The number of rotatable bonds is 13. The SMILES string of the molecule is CCCCCCC#CC(C=CCCCCCC)(CC(=O)O)C(=O)O. The van der Waals surface area contributed by atoms with Crippen LogP contribution in [0.25, 0.3) is 0 Å². The van der Waals surface area contributed by atoms with E-state index in [9.17, 15) is 14.7 Å². The third kappa shape index (κ3) is 10.1. The molecule has 1 atom stereocenters. The van der Waals surface area contributed by atoms with Gasteiger partial charge in [0.1, 0.15) is 0 Å². The summed E-state index contributed by atoms with van der Waals surface area (Å²) in [5.74, 6) is 3.28. The summed E-state index contributed by atoms with van der Waals surface area (Å²) in [5.41, 5.74) is -1.61.